The molecule has 1 amide bonds. The van der Waals surface area contributed by atoms with Crippen LogP contribution in [0.25, 0.3) is 21.7 Å². The van der Waals surface area contributed by atoms with Crippen LogP contribution in [-0.2, 0) is 29.0 Å². The summed E-state index contributed by atoms with van der Waals surface area (Å²) in [5.41, 5.74) is 5.87. The van der Waals surface area contributed by atoms with E-state index in [1.807, 2.05) is 71.0 Å². The predicted octanol–water partition coefficient (Wildman–Crippen LogP) is 9.08. The van der Waals surface area contributed by atoms with E-state index in [2.05, 4.69) is 48.5 Å². The molecule has 0 saturated heterocycles. The van der Waals surface area contributed by atoms with Crippen molar-refractivity contribution in [1.82, 2.24) is 9.47 Å². The van der Waals surface area contributed by atoms with Crippen LogP contribution in [0.4, 0.5) is 4.39 Å². The molecular formula is C42H39FN2O3. The lowest BCUT2D eigenvalue weighted by Crippen LogP contribution is -2.43. The third kappa shape index (κ3) is 5.99. The second kappa shape index (κ2) is 13.5. The average molecular weight is 639 g/mol. The number of carboxylic acid groups (broad SMARTS) is 1. The van der Waals surface area contributed by atoms with Crippen LogP contribution < -0.4 is 0 Å². The predicted molar refractivity (Wildman–Crippen MR) is 189 cm³/mol. The van der Waals surface area contributed by atoms with Gasteiger partial charge in [0.2, 0.25) is 5.91 Å². The number of hydrogen-bond donors (Lipinski definition) is 1. The Morgan fingerprint density at radius 1 is 0.854 bits per heavy atom. The molecule has 0 spiro atoms. The fourth-order valence-corrected chi connectivity index (χ4v) is 7.76. The zero-order valence-corrected chi connectivity index (χ0v) is 27.1. The number of aliphatic carboxylic acids is 1. The Kier molecular flexibility index (Phi) is 8.81. The number of benzene rings is 5. The molecule has 0 saturated carbocycles. The summed E-state index contributed by atoms with van der Waals surface area (Å²) in [5.74, 6) is -1.32. The molecule has 2 unspecified atom stereocenters. The summed E-state index contributed by atoms with van der Waals surface area (Å²) in [7, 11) is 0. The molecule has 242 valence electrons. The Hall–Kier alpha value is -5.23. The minimum Gasteiger partial charge on any atom is -0.480 e. The molecule has 48 heavy (non-hydrogen) atoms. The first-order valence-corrected chi connectivity index (χ1v) is 16.8. The molecule has 6 aromatic rings. The van der Waals surface area contributed by atoms with E-state index in [1.165, 1.54) is 12.1 Å². The maximum Gasteiger partial charge on any atom is 0.326 e. The molecule has 5 aromatic carbocycles. The van der Waals surface area contributed by atoms with E-state index in [4.69, 9.17) is 0 Å². The van der Waals surface area contributed by atoms with Gasteiger partial charge in [0.25, 0.3) is 0 Å². The lowest BCUT2D eigenvalue weighted by molar-refractivity contribution is -0.141. The minimum absolute atomic E-state index is 0.0565. The van der Waals surface area contributed by atoms with E-state index < -0.39 is 12.0 Å². The average Bonchev–Trinajstić information content (AvgIpc) is 3.42. The van der Waals surface area contributed by atoms with E-state index in [9.17, 15) is 19.1 Å². The molecule has 5 nitrogen and oxygen atoms in total. The quantitative estimate of drug-likeness (QED) is 0.163. The molecule has 0 fully saturated rings. The van der Waals surface area contributed by atoms with Crippen molar-refractivity contribution in [1.29, 1.82) is 0 Å². The van der Waals surface area contributed by atoms with Crippen LogP contribution in [0.2, 0.25) is 0 Å². The third-order valence-electron chi connectivity index (χ3n) is 10.1. The highest BCUT2D eigenvalue weighted by Gasteiger charge is 2.35. The van der Waals surface area contributed by atoms with Crippen molar-refractivity contribution in [2.45, 2.75) is 63.6 Å². The lowest BCUT2D eigenvalue weighted by atomic mass is 9.86. The number of fused-ring (bicyclic) bond motifs is 4. The number of nitrogens with zero attached hydrogens (tertiary/aromatic N) is 2. The Morgan fingerprint density at radius 2 is 1.52 bits per heavy atom. The molecule has 2 atom stereocenters. The topological polar surface area (TPSA) is 62.5 Å². The minimum atomic E-state index is -0.899. The van der Waals surface area contributed by atoms with Gasteiger partial charge in [-0.15, -0.1) is 0 Å². The number of aromatic nitrogens is 1. The van der Waals surface area contributed by atoms with Crippen molar-refractivity contribution in [2.24, 2.45) is 0 Å². The van der Waals surface area contributed by atoms with Crippen molar-refractivity contribution < 1.29 is 19.1 Å². The first kappa shape index (κ1) is 31.4. The van der Waals surface area contributed by atoms with Gasteiger partial charge in [-0.2, -0.15) is 0 Å². The van der Waals surface area contributed by atoms with Gasteiger partial charge in [0.1, 0.15) is 11.9 Å². The zero-order valence-electron chi connectivity index (χ0n) is 27.1. The SMILES string of the molecule is CCC(C(=O)O)n1c2c(c3cc(F)ccc31)CC(N(Cc1cccc3ccccc13)C(=O)CC(c1ccccc1)c1ccccc1)CC2. The Balaban J connectivity index is 1.31. The normalized spacial score (nSPS) is 15.0. The molecule has 1 aromatic heterocycles. The maximum atomic E-state index is 14.8. The summed E-state index contributed by atoms with van der Waals surface area (Å²) >= 11 is 0. The van der Waals surface area contributed by atoms with Gasteiger partial charge in [-0.05, 0) is 76.9 Å². The summed E-state index contributed by atoms with van der Waals surface area (Å²) in [6.45, 7) is 2.31. The van der Waals surface area contributed by atoms with Crippen molar-refractivity contribution in [3.63, 3.8) is 0 Å². The van der Waals surface area contributed by atoms with Crippen LogP contribution in [0.3, 0.4) is 0 Å². The van der Waals surface area contributed by atoms with Gasteiger partial charge in [-0.1, -0.05) is 110 Å². The van der Waals surface area contributed by atoms with E-state index in [-0.39, 0.29) is 23.7 Å². The van der Waals surface area contributed by atoms with E-state index in [1.54, 1.807) is 6.07 Å². The standard InChI is InChI=1S/C42H39FN2O3/c1-2-38(42(47)48)45-39-22-20-32(43)24-36(39)37-25-33(21-23-40(37)45)44(27-31-18-11-17-28-16-9-10-19-34(28)31)41(46)26-35(29-12-5-3-6-13-29)30-14-7-4-8-15-30/h3-20,22,24,33,35,38H,2,21,23,25-27H2,1H3,(H,47,48). The second-order valence-electron chi connectivity index (χ2n) is 12.9. The van der Waals surface area contributed by atoms with Gasteiger partial charge < -0.3 is 14.6 Å². The summed E-state index contributed by atoms with van der Waals surface area (Å²) in [4.78, 5) is 29.2. The summed E-state index contributed by atoms with van der Waals surface area (Å²) in [6.07, 6.45) is 2.52. The highest BCUT2D eigenvalue weighted by atomic mass is 19.1. The van der Waals surface area contributed by atoms with Gasteiger partial charge >= 0.3 is 5.97 Å². The van der Waals surface area contributed by atoms with Crippen LogP contribution in [0.5, 0.6) is 0 Å². The highest BCUT2D eigenvalue weighted by molar-refractivity contribution is 5.89. The van der Waals surface area contributed by atoms with Crippen LogP contribution in [0, 0.1) is 5.82 Å². The van der Waals surface area contributed by atoms with Gasteiger partial charge in [0, 0.05) is 41.5 Å². The smallest absolute Gasteiger partial charge is 0.326 e. The first-order chi connectivity index (χ1) is 23.4. The molecule has 0 bridgehead atoms. The molecule has 1 aliphatic rings. The second-order valence-corrected chi connectivity index (χ2v) is 12.9. The third-order valence-corrected chi connectivity index (χ3v) is 10.1. The summed E-state index contributed by atoms with van der Waals surface area (Å²) in [5, 5.41) is 13.1. The molecule has 1 N–H and O–H groups in total. The largest absolute Gasteiger partial charge is 0.480 e. The van der Waals surface area contributed by atoms with Crippen LogP contribution in [0.1, 0.15) is 66.1 Å². The Bertz CT molecular complexity index is 2040. The number of carbonyl (C=O) groups is 2. The monoisotopic (exact) mass is 638 g/mol. The summed E-state index contributed by atoms with van der Waals surface area (Å²) in [6, 6.07) is 38.6. The lowest BCUT2D eigenvalue weighted by Gasteiger charge is -2.36. The molecule has 1 aliphatic carbocycles. The van der Waals surface area contributed by atoms with Gasteiger partial charge in [0.05, 0.1) is 0 Å². The number of halogens is 1. The highest BCUT2D eigenvalue weighted by Crippen LogP contribution is 2.39. The molecular weight excluding hydrogens is 599 g/mol. The van der Waals surface area contributed by atoms with Crippen molar-refractivity contribution in [2.75, 3.05) is 0 Å². The van der Waals surface area contributed by atoms with Crippen LogP contribution in [0.15, 0.2) is 121 Å². The molecule has 1 heterocycles. The molecule has 6 heteroatoms. The zero-order chi connectivity index (χ0) is 33.2. The van der Waals surface area contributed by atoms with E-state index in [0.717, 1.165) is 49.6 Å². The number of rotatable bonds is 10. The van der Waals surface area contributed by atoms with Crippen LogP contribution in [-0.4, -0.2) is 32.5 Å². The van der Waals surface area contributed by atoms with Crippen molar-refractivity contribution in [3.05, 3.63) is 155 Å². The number of carboxylic acids is 1. The number of hydrogen-bond acceptors (Lipinski definition) is 2. The molecule has 0 radical (unpaired) electrons. The van der Waals surface area contributed by atoms with Gasteiger partial charge in [-0.25, -0.2) is 9.18 Å². The van der Waals surface area contributed by atoms with Crippen molar-refractivity contribution in [3.8, 4) is 0 Å². The maximum absolute atomic E-state index is 14.8. The number of amides is 1. The van der Waals surface area contributed by atoms with Gasteiger partial charge in [-0.3, -0.25) is 4.79 Å². The Labute approximate surface area is 280 Å². The first-order valence-electron chi connectivity index (χ1n) is 16.8. The van der Waals surface area contributed by atoms with E-state index >= 15 is 0 Å². The number of carbonyl (C=O) groups excluding carboxylic acids is 1. The fraction of sp³-hybridized carbons (Fsp3) is 0.238. The Morgan fingerprint density at radius 3 is 2.21 bits per heavy atom. The molecule has 0 aliphatic heterocycles. The fourth-order valence-electron chi connectivity index (χ4n) is 7.76. The van der Waals surface area contributed by atoms with E-state index in [0.29, 0.717) is 38.6 Å². The van der Waals surface area contributed by atoms with Crippen molar-refractivity contribution >= 4 is 33.6 Å². The summed E-state index contributed by atoms with van der Waals surface area (Å²) < 4.78 is 16.7. The van der Waals surface area contributed by atoms with Crippen LogP contribution >= 0.6 is 0 Å². The van der Waals surface area contributed by atoms with Gasteiger partial charge in [0.15, 0.2) is 0 Å². The molecule has 7 rings (SSSR count).